The Bertz CT molecular complexity index is 708. The molecular formula is C23H37N3O5S. The van der Waals surface area contributed by atoms with Crippen LogP contribution in [0.25, 0.3) is 0 Å². The molecule has 0 aliphatic carbocycles. The summed E-state index contributed by atoms with van der Waals surface area (Å²) in [6.07, 6.45) is 3.40. The Balaban J connectivity index is 0.000000489. The number of rotatable bonds is 10. The Labute approximate surface area is 194 Å². The lowest BCUT2D eigenvalue weighted by molar-refractivity contribution is -0.138. The summed E-state index contributed by atoms with van der Waals surface area (Å²) in [5, 5.41) is 9.70. The van der Waals surface area contributed by atoms with Crippen LogP contribution in [-0.4, -0.2) is 46.8 Å². The van der Waals surface area contributed by atoms with Gasteiger partial charge in [0, 0.05) is 23.2 Å². The van der Waals surface area contributed by atoms with Crippen molar-refractivity contribution < 1.29 is 24.2 Å². The van der Waals surface area contributed by atoms with Gasteiger partial charge in [0.2, 0.25) is 0 Å². The minimum absolute atomic E-state index is 0.0435. The van der Waals surface area contributed by atoms with Crippen LogP contribution < -0.4 is 11.5 Å². The molecule has 0 bridgehead atoms. The van der Waals surface area contributed by atoms with E-state index in [-0.39, 0.29) is 17.7 Å². The standard InChI is InChI=1S/C10H19N3OS.C8H8O2.C5H10O2/c1-2-9(12)10(14)4-7(11)3-8-5-13-6-15-8;9-7-10-6-8-4-2-1-3-5-8;1-5(2,3)7-4-6/h5-7,9-10,14H,2-4,11-12H2,1H3;1-5,7H,6H2;4H,1-3H3. The maximum Gasteiger partial charge on any atom is 0.293 e. The molecule has 9 heteroatoms. The van der Waals surface area contributed by atoms with Crippen molar-refractivity contribution in [2.24, 2.45) is 11.5 Å². The van der Waals surface area contributed by atoms with E-state index in [1.165, 1.54) is 0 Å². The summed E-state index contributed by atoms with van der Waals surface area (Å²) in [4.78, 5) is 24.5. The van der Waals surface area contributed by atoms with E-state index >= 15 is 0 Å². The molecule has 180 valence electrons. The zero-order valence-electron chi connectivity index (χ0n) is 19.3. The number of benzene rings is 1. The van der Waals surface area contributed by atoms with Crippen LogP contribution in [0.5, 0.6) is 0 Å². The number of nitrogens with two attached hydrogens (primary N) is 2. The van der Waals surface area contributed by atoms with Crippen LogP contribution in [0.1, 0.15) is 51.0 Å². The molecule has 0 radical (unpaired) electrons. The van der Waals surface area contributed by atoms with Crippen LogP contribution in [0, 0.1) is 0 Å². The maximum atomic E-state index is 9.76. The van der Waals surface area contributed by atoms with Gasteiger partial charge >= 0.3 is 0 Å². The first-order valence-electron chi connectivity index (χ1n) is 10.4. The minimum atomic E-state index is -0.502. The topological polar surface area (TPSA) is 138 Å². The second-order valence-electron chi connectivity index (χ2n) is 8.03. The van der Waals surface area contributed by atoms with Crippen molar-refractivity contribution in [3.05, 3.63) is 52.5 Å². The molecular weight excluding hydrogens is 430 g/mol. The Hall–Kier alpha value is -2.33. The number of aliphatic hydroxyl groups is 1. The van der Waals surface area contributed by atoms with Gasteiger partial charge in [0.15, 0.2) is 0 Å². The van der Waals surface area contributed by atoms with Gasteiger partial charge in [-0.15, -0.1) is 11.3 Å². The summed E-state index contributed by atoms with van der Waals surface area (Å²) in [5.41, 5.74) is 14.1. The van der Waals surface area contributed by atoms with Crippen molar-refractivity contribution in [2.45, 2.75) is 77.4 Å². The predicted octanol–water partition coefficient (Wildman–Crippen LogP) is 2.82. The zero-order valence-corrected chi connectivity index (χ0v) is 20.2. The Morgan fingerprint density at radius 2 is 1.81 bits per heavy atom. The molecule has 1 aromatic heterocycles. The second kappa shape index (κ2) is 17.3. The lowest BCUT2D eigenvalue weighted by atomic mass is 10.00. The molecule has 1 heterocycles. The van der Waals surface area contributed by atoms with Gasteiger partial charge in [-0.25, -0.2) is 0 Å². The SMILES string of the molecule is CC(C)(C)OC=O.CCC(N)C(O)CC(N)Cc1cncs1.O=COCc1ccccc1. The molecule has 0 amide bonds. The lowest BCUT2D eigenvalue weighted by Crippen LogP contribution is -2.39. The highest BCUT2D eigenvalue weighted by Crippen LogP contribution is 2.11. The number of hydrogen-bond acceptors (Lipinski definition) is 9. The number of carbonyl (C=O) groups is 2. The third-order valence-electron chi connectivity index (χ3n) is 4.02. The van der Waals surface area contributed by atoms with E-state index in [2.05, 4.69) is 14.5 Å². The molecule has 0 fully saturated rings. The van der Waals surface area contributed by atoms with Crippen LogP contribution in [0.3, 0.4) is 0 Å². The highest BCUT2D eigenvalue weighted by Gasteiger charge is 2.17. The van der Waals surface area contributed by atoms with Gasteiger partial charge in [-0.3, -0.25) is 14.6 Å². The summed E-state index contributed by atoms with van der Waals surface area (Å²) in [6, 6.07) is 9.33. The maximum absolute atomic E-state index is 9.76. The number of aromatic nitrogens is 1. The van der Waals surface area contributed by atoms with E-state index in [9.17, 15) is 14.7 Å². The second-order valence-corrected chi connectivity index (χ2v) is 9.00. The summed E-state index contributed by atoms with van der Waals surface area (Å²) >= 11 is 1.59. The third-order valence-corrected chi connectivity index (χ3v) is 4.82. The number of ether oxygens (including phenoxy) is 2. The fourth-order valence-electron chi connectivity index (χ4n) is 2.29. The first kappa shape index (κ1) is 29.7. The molecule has 2 aromatic rings. The normalized spacial score (nSPS) is 13.2. The minimum Gasteiger partial charge on any atom is -0.463 e. The van der Waals surface area contributed by atoms with E-state index in [4.69, 9.17) is 11.5 Å². The molecule has 3 atom stereocenters. The Morgan fingerprint density at radius 3 is 2.25 bits per heavy atom. The van der Waals surface area contributed by atoms with Crippen molar-refractivity contribution in [3.63, 3.8) is 0 Å². The van der Waals surface area contributed by atoms with Gasteiger partial charge in [0.25, 0.3) is 12.9 Å². The van der Waals surface area contributed by atoms with E-state index in [0.29, 0.717) is 26.0 Å². The molecule has 3 unspecified atom stereocenters. The molecule has 0 aliphatic heterocycles. The van der Waals surface area contributed by atoms with Crippen molar-refractivity contribution >= 4 is 24.3 Å². The molecule has 0 saturated carbocycles. The molecule has 0 saturated heterocycles. The Kier molecular flexibility index (Phi) is 16.0. The number of aliphatic hydroxyl groups excluding tert-OH is 1. The highest BCUT2D eigenvalue weighted by atomic mass is 32.1. The average Bonchev–Trinajstić information content (AvgIpc) is 3.25. The van der Waals surface area contributed by atoms with E-state index in [1.807, 2.05) is 64.2 Å². The van der Waals surface area contributed by atoms with Crippen LogP contribution in [0.15, 0.2) is 42.0 Å². The molecule has 1 aromatic carbocycles. The van der Waals surface area contributed by atoms with Crippen LogP contribution in [0.2, 0.25) is 0 Å². The summed E-state index contributed by atoms with van der Waals surface area (Å²) in [7, 11) is 0. The molecule has 32 heavy (non-hydrogen) atoms. The van der Waals surface area contributed by atoms with Crippen molar-refractivity contribution in [1.29, 1.82) is 0 Å². The molecule has 0 spiro atoms. The summed E-state index contributed by atoms with van der Waals surface area (Å²) < 4.78 is 9.09. The highest BCUT2D eigenvalue weighted by molar-refractivity contribution is 7.09. The van der Waals surface area contributed by atoms with Gasteiger partial charge in [-0.2, -0.15) is 0 Å². The van der Waals surface area contributed by atoms with Crippen LogP contribution in [-0.2, 0) is 32.1 Å². The van der Waals surface area contributed by atoms with Crippen LogP contribution in [0.4, 0.5) is 0 Å². The number of hydrogen-bond donors (Lipinski definition) is 3. The monoisotopic (exact) mass is 467 g/mol. The van der Waals surface area contributed by atoms with Crippen molar-refractivity contribution in [1.82, 2.24) is 4.98 Å². The quantitative estimate of drug-likeness (QED) is 0.454. The molecule has 5 N–H and O–H groups in total. The molecule has 0 aliphatic rings. The first-order chi connectivity index (χ1) is 15.1. The molecule has 8 nitrogen and oxygen atoms in total. The number of thiazole rings is 1. The van der Waals surface area contributed by atoms with Gasteiger partial charge in [0.1, 0.15) is 12.2 Å². The van der Waals surface area contributed by atoms with Crippen LogP contribution >= 0.6 is 11.3 Å². The van der Waals surface area contributed by atoms with Crippen molar-refractivity contribution in [3.8, 4) is 0 Å². The van der Waals surface area contributed by atoms with Gasteiger partial charge < -0.3 is 26.0 Å². The first-order valence-corrected chi connectivity index (χ1v) is 11.3. The Morgan fingerprint density at radius 1 is 1.16 bits per heavy atom. The number of carbonyl (C=O) groups excluding carboxylic acids is 2. The predicted molar refractivity (Wildman–Crippen MR) is 127 cm³/mol. The summed E-state index contributed by atoms with van der Waals surface area (Å²) in [5.74, 6) is 0. The van der Waals surface area contributed by atoms with E-state index in [0.717, 1.165) is 23.3 Å². The average molecular weight is 468 g/mol. The zero-order chi connectivity index (χ0) is 24.4. The van der Waals surface area contributed by atoms with Gasteiger partial charge in [-0.1, -0.05) is 37.3 Å². The van der Waals surface area contributed by atoms with Crippen molar-refractivity contribution in [2.75, 3.05) is 0 Å². The fourth-order valence-corrected chi connectivity index (χ4v) is 2.98. The fraction of sp³-hybridized carbons (Fsp3) is 0.522. The third kappa shape index (κ3) is 16.4. The van der Waals surface area contributed by atoms with E-state index < -0.39 is 6.10 Å². The smallest absolute Gasteiger partial charge is 0.293 e. The largest absolute Gasteiger partial charge is 0.463 e. The van der Waals surface area contributed by atoms with Gasteiger partial charge in [0.05, 0.1) is 11.6 Å². The molecule has 2 rings (SSSR count). The summed E-state index contributed by atoms with van der Waals surface area (Å²) in [6.45, 7) is 8.70. The van der Waals surface area contributed by atoms with Gasteiger partial charge in [-0.05, 0) is 45.6 Å². The number of nitrogens with zero attached hydrogens (tertiary/aromatic N) is 1. The lowest BCUT2D eigenvalue weighted by Gasteiger charge is -2.20. The van der Waals surface area contributed by atoms with E-state index in [1.54, 1.807) is 16.8 Å².